The van der Waals surface area contributed by atoms with Crippen molar-refractivity contribution in [3.63, 3.8) is 0 Å². The van der Waals surface area contributed by atoms with Gasteiger partial charge in [-0.3, -0.25) is 9.59 Å². The zero-order chi connectivity index (χ0) is 13.1. The molecule has 0 aromatic heterocycles. The van der Waals surface area contributed by atoms with E-state index in [4.69, 9.17) is 5.26 Å². The van der Waals surface area contributed by atoms with E-state index >= 15 is 0 Å². The van der Waals surface area contributed by atoms with Gasteiger partial charge in [0.2, 0.25) is 0 Å². The lowest BCUT2D eigenvalue weighted by Gasteiger charge is -2.07. The van der Waals surface area contributed by atoms with E-state index in [1.165, 1.54) is 0 Å². The van der Waals surface area contributed by atoms with Crippen molar-refractivity contribution < 1.29 is 9.59 Å². The Morgan fingerprint density at radius 1 is 1.00 bits per heavy atom. The molecule has 0 aromatic carbocycles. The van der Waals surface area contributed by atoms with Crippen LogP contribution in [-0.2, 0) is 9.59 Å². The third-order valence-corrected chi connectivity index (χ3v) is 2.75. The van der Waals surface area contributed by atoms with Crippen molar-refractivity contribution in [2.75, 3.05) is 0 Å². The average Bonchev–Trinajstić information content (AvgIpc) is 2.32. The molecule has 0 heterocycles. The van der Waals surface area contributed by atoms with Crippen molar-refractivity contribution in [3.8, 4) is 6.07 Å². The molecule has 0 aliphatic carbocycles. The fourth-order valence-electron chi connectivity index (χ4n) is 1.67. The Balaban J connectivity index is 3.95. The molecule has 0 aliphatic heterocycles. The smallest absolute Gasteiger partial charge is 0.134 e. The summed E-state index contributed by atoms with van der Waals surface area (Å²) in [5.41, 5.74) is 0. The van der Waals surface area contributed by atoms with Gasteiger partial charge in [-0.1, -0.05) is 26.7 Å². The normalized spacial score (nSPS) is 10.2. The van der Waals surface area contributed by atoms with Crippen LogP contribution in [0.2, 0.25) is 0 Å². The van der Waals surface area contributed by atoms with Crippen LogP contribution in [0, 0.1) is 17.2 Å². The molecule has 0 rings (SSSR count). The van der Waals surface area contributed by atoms with E-state index in [-0.39, 0.29) is 24.4 Å². The summed E-state index contributed by atoms with van der Waals surface area (Å²) >= 11 is 0. The topological polar surface area (TPSA) is 57.9 Å². The molecule has 0 N–H and O–H groups in total. The molecule has 0 fully saturated rings. The lowest BCUT2D eigenvalue weighted by molar-refractivity contribution is -0.121. The predicted octanol–water partition coefficient (Wildman–Crippen LogP) is 3.42. The number of rotatable bonds is 10. The number of carbonyl (C=O) groups is 2. The summed E-state index contributed by atoms with van der Waals surface area (Å²) in [6.45, 7) is 4.06. The van der Waals surface area contributed by atoms with Gasteiger partial charge in [-0.05, 0) is 12.8 Å². The molecule has 0 saturated heterocycles. The molecule has 0 aliphatic rings. The number of nitrogens with zero attached hydrogens (tertiary/aromatic N) is 1. The molecule has 3 nitrogen and oxygen atoms in total. The lowest BCUT2D eigenvalue weighted by atomic mass is 9.94. The number of Topliss-reactive ketones (excluding diaryl/α,β-unsaturated/α-hetero) is 2. The number of nitriles is 1. The van der Waals surface area contributed by atoms with Crippen LogP contribution in [-0.4, -0.2) is 11.6 Å². The van der Waals surface area contributed by atoms with Crippen molar-refractivity contribution >= 4 is 11.6 Å². The zero-order valence-electron chi connectivity index (χ0n) is 11.0. The number of carbonyl (C=O) groups excluding carboxylic acids is 2. The van der Waals surface area contributed by atoms with Gasteiger partial charge < -0.3 is 0 Å². The van der Waals surface area contributed by atoms with Gasteiger partial charge >= 0.3 is 0 Å². The van der Waals surface area contributed by atoms with Crippen molar-refractivity contribution in [1.82, 2.24) is 0 Å². The SMILES string of the molecule is CCCCC(=O)CC(C#N)CC(=O)CCCC. The Hall–Kier alpha value is -1.17. The first-order chi connectivity index (χ1) is 8.13. The number of hydrogen-bond acceptors (Lipinski definition) is 3. The third kappa shape index (κ3) is 8.62. The summed E-state index contributed by atoms with van der Waals surface area (Å²) in [7, 11) is 0. The highest BCUT2D eigenvalue weighted by Gasteiger charge is 2.16. The quantitative estimate of drug-likeness (QED) is 0.585. The molecule has 0 aromatic rings. The largest absolute Gasteiger partial charge is 0.300 e. The fourth-order valence-corrected chi connectivity index (χ4v) is 1.67. The highest BCUT2D eigenvalue weighted by atomic mass is 16.1. The van der Waals surface area contributed by atoms with Crippen LogP contribution in [0.25, 0.3) is 0 Å². The number of hydrogen-bond donors (Lipinski definition) is 0. The van der Waals surface area contributed by atoms with Gasteiger partial charge in [-0.25, -0.2) is 0 Å². The van der Waals surface area contributed by atoms with Gasteiger partial charge in [-0.2, -0.15) is 5.26 Å². The van der Waals surface area contributed by atoms with Crippen molar-refractivity contribution in [3.05, 3.63) is 0 Å². The van der Waals surface area contributed by atoms with Crippen LogP contribution < -0.4 is 0 Å². The summed E-state index contributed by atoms with van der Waals surface area (Å²) in [4.78, 5) is 23.0. The maximum Gasteiger partial charge on any atom is 0.134 e. The highest BCUT2D eigenvalue weighted by Crippen LogP contribution is 2.13. The van der Waals surface area contributed by atoms with E-state index in [2.05, 4.69) is 6.07 Å². The summed E-state index contributed by atoms with van der Waals surface area (Å²) in [6, 6.07) is 2.08. The Morgan fingerprint density at radius 3 is 1.71 bits per heavy atom. The Labute approximate surface area is 104 Å². The Kier molecular flexibility index (Phi) is 9.33. The molecule has 0 spiro atoms. The number of ketones is 2. The predicted molar refractivity (Wildman–Crippen MR) is 67.4 cm³/mol. The second kappa shape index (κ2) is 10.0. The molecule has 0 saturated carbocycles. The Morgan fingerprint density at radius 2 is 1.41 bits per heavy atom. The average molecular weight is 237 g/mol. The first-order valence-corrected chi connectivity index (χ1v) is 6.57. The molecule has 17 heavy (non-hydrogen) atoms. The van der Waals surface area contributed by atoms with Gasteiger partial charge in [0.1, 0.15) is 11.6 Å². The highest BCUT2D eigenvalue weighted by molar-refractivity contribution is 5.82. The van der Waals surface area contributed by atoms with Gasteiger partial charge in [0.15, 0.2) is 0 Å². The fraction of sp³-hybridized carbons (Fsp3) is 0.786. The Bertz CT molecular complexity index is 256. The van der Waals surface area contributed by atoms with Crippen LogP contribution in [0.1, 0.15) is 65.2 Å². The lowest BCUT2D eigenvalue weighted by Crippen LogP contribution is -2.11. The second-order valence-corrected chi connectivity index (χ2v) is 4.52. The first-order valence-electron chi connectivity index (χ1n) is 6.57. The van der Waals surface area contributed by atoms with Crippen molar-refractivity contribution in [1.29, 1.82) is 5.26 Å². The molecule has 3 heteroatoms. The van der Waals surface area contributed by atoms with E-state index in [1.54, 1.807) is 0 Å². The molecule has 96 valence electrons. The minimum absolute atomic E-state index is 0.113. The van der Waals surface area contributed by atoms with E-state index in [0.717, 1.165) is 25.7 Å². The van der Waals surface area contributed by atoms with Gasteiger partial charge in [0.05, 0.1) is 12.0 Å². The second-order valence-electron chi connectivity index (χ2n) is 4.52. The summed E-state index contributed by atoms with van der Waals surface area (Å²) in [5.74, 6) is -0.188. The molecular formula is C14H23NO2. The molecule has 0 unspecified atom stereocenters. The summed E-state index contributed by atoms with van der Waals surface area (Å²) in [5, 5.41) is 8.92. The van der Waals surface area contributed by atoms with Gasteiger partial charge in [0.25, 0.3) is 0 Å². The van der Waals surface area contributed by atoms with Crippen molar-refractivity contribution in [2.45, 2.75) is 65.2 Å². The molecule has 0 amide bonds. The summed E-state index contributed by atoms with van der Waals surface area (Å²) < 4.78 is 0. The van der Waals surface area contributed by atoms with Gasteiger partial charge in [-0.15, -0.1) is 0 Å². The molecule has 0 bridgehead atoms. The molecule has 0 atom stereocenters. The van der Waals surface area contributed by atoms with Crippen LogP contribution in [0.3, 0.4) is 0 Å². The maximum absolute atomic E-state index is 11.5. The minimum Gasteiger partial charge on any atom is -0.300 e. The van der Waals surface area contributed by atoms with E-state index < -0.39 is 5.92 Å². The zero-order valence-corrected chi connectivity index (χ0v) is 11.0. The first kappa shape index (κ1) is 15.8. The van der Waals surface area contributed by atoms with Crippen LogP contribution in [0.4, 0.5) is 0 Å². The van der Waals surface area contributed by atoms with E-state index in [1.807, 2.05) is 13.8 Å². The molecular weight excluding hydrogens is 214 g/mol. The molecule has 0 radical (unpaired) electrons. The van der Waals surface area contributed by atoms with E-state index in [9.17, 15) is 9.59 Å². The maximum atomic E-state index is 11.5. The standard InChI is InChI=1S/C14H23NO2/c1-3-5-7-13(16)9-12(11-15)10-14(17)8-6-4-2/h12H,3-10H2,1-2H3. The minimum atomic E-state index is -0.413. The summed E-state index contributed by atoms with van der Waals surface area (Å²) in [6.07, 6.45) is 5.29. The number of unbranched alkanes of at least 4 members (excludes halogenated alkanes) is 2. The van der Waals surface area contributed by atoms with Gasteiger partial charge in [0, 0.05) is 25.7 Å². The van der Waals surface area contributed by atoms with Crippen LogP contribution in [0.5, 0.6) is 0 Å². The monoisotopic (exact) mass is 237 g/mol. The van der Waals surface area contributed by atoms with Crippen molar-refractivity contribution in [2.24, 2.45) is 5.92 Å². The van der Waals surface area contributed by atoms with Crippen LogP contribution in [0.15, 0.2) is 0 Å². The van der Waals surface area contributed by atoms with Crippen LogP contribution >= 0.6 is 0 Å². The third-order valence-electron chi connectivity index (χ3n) is 2.75. The van der Waals surface area contributed by atoms with E-state index in [0.29, 0.717) is 12.8 Å².